The maximum Gasteiger partial charge on any atom is 0.223 e. The van der Waals surface area contributed by atoms with E-state index < -0.39 is 0 Å². The molecular weight excluding hydrogens is 202 g/mol. The monoisotopic (exact) mass is 227 g/mol. The number of hydrogen-bond acceptors (Lipinski definition) is 2. The van der Waals surface area contributed by atoms with Crippen LogP contribution in [0.3, 0.4) is 0 Å². The Morgan fingerprint density at radius 1 is 1.38 bits per heavy atom. The van der Waals surface area contributed by atoms with Crippen molar-refractivity contribution in [2.75, 3.05) is 6.61 Å². The van der Waals surface area contributed by atoms with E-state index in [4.69, 9.17) is 5.11 Å². The van der Waals surface area contributed by atoms with Gasteiger partial charge in [0.2, 0.25) is 5.91 Å². The van der Waals surface area contributed by atoms with Crippen LogP contribution in [0.15, 0.2) is 0 Å². The second kappa shape index (κ2) is 6.89. The van der Waals surface area contributed by atoms with Crippen LogP contribution >= 0.6 is 0 Å². The molecule has 0 bridgehead atoms. The van der Waals surface area contributed by atoms with Crippen LogP contribution in [0.4, 0.5) is 0 Å². The van der Waals surface area contributed by atoms with Crippen molar-refractivity contribution in [1.29, 1.82) is 0 Å². The van der Waals surface area contributed by atoms with Gasteiger partial charge >= 0.3 is 0 Å². The zero-order valence-electron chi connectivity index (χ0n) is 10.5. The molecule has 1 unspecified atom stereocenters. The average Bonchev–Trinajstić information content (AvgIpc) is 2.30. The summed E-state index contributed by atoms with van der Waals surface area (Å²) in [5.74, 6) is 0.802. The maximum atomic E-state index is 11.8. The highest BCUT2D eigenvalue weighted by molar-refractivity contribution is 5.78. The van der Waals surface area contributed by atoms with E-state index in [1.807, 2.05) is 6.92 Å². The molecule has 1 saturated carbocycles. The Morgan fingerprint density at radius 2 is 2.00 bits per heavy atom. The molecule has 1 amide bonds. The first-order valence-corrected chi connectivity index (χ1v) is 6.58. The SMILES string of the molecule is CCCC(C)C(=O)NC1CCC(CO)CC1. The molecule has 3 heteroatoms. The standard InChI is InChI=1S/C13H25NO2/c1-3-4-10(2)13(16)14-12-7-5-11(9-15)6-8-12/h10-12,15H,3-9H2,1-2H3,(H,14,16). The maximum absolute atomic E-state index is 11.8. The lowest BCUT2D eigenvalue weighted by atomic mass is 9.86. The highest BCUT2D eigenvalue weighted by Gasteiger charge is 2.23. The molecule has 0 saturated heterocycles. The number of hydrogen-bond donors (Lipinski definition) is 2. The van der Waals surface area contributed by atoms with Gasteiger partial charge in [0.1, 0.15) is 0 Å². The molecule has 0 spiro atoms. The van der Waals surface area contributed by atoms with E-state index in [2.05, 4.69) is 12.2 Å². The van der Waals surface area contributed by atoms with Crippen molar-refractivity contribution in [3.05, 3.63) is 0 Å². The van der Waals surface area contributed by atoms with Gasteiger partial charge in [-0.15, -0.1) is 0 Å². The third-order valence-electron chi connectivity index (χ3n) is 3.62. The summed E-state index contributed by atoms with van der Waals surface area (Å²) in [6.45, 7) is 4.40. The second-order valence-electron chi connectivity index (χ2n) is 5.10. The highest BCUT2D eigenvalue weighted by atomic mass is 16.3. The number of rotatable bonds is 5. The number of carbonyl (C=O) groups is 1. The van der Waals surface area contributed by atoms with Crippen molar-refractivity contribution in [3.8, 4) is 0 Å². The van der Waals surface area contributed by atoms with Crippen LogP contribution < -0.4 is 5.32 Å². The predicted octanol–water partition coefficient (Wildman–Crippen LogP) is 2.09. The normalized spacial score (nSPS) is 27.4. The molecule has 0 heterocycles. The number of aliphatic hydroxyl groups is 1. The summed E-state index contributed by atoms with van der Waals surface area (Å²) < 4.78 is 0. The quantitative estimate of drug-likeness (QED) is 0.755. The minimum Gasteiger partial charge on any atom is -0.396 e. The molecule has 0 aromatic carbocycles. The van der Waals surface area contributed by atoms with E-state index in [-0.39, 0.29) is 11.8 Å². The molecule has 1 rings (SSSR count). The minimum atomic E-state index is 0.139. The van der Waals surface area contributed by atoms with Crippen molar-refractivity contribution >= 4 is 5.91 Å². The summed E-state index contributed by atoms with van der Waals surface area (Å²) in [5, 5.41) is 12.2. The van der Waals surface area contributed by atoms with Crippen molar-refractivity contribution < 1.29 is 9.90 Å². The largest absolute Gasteiger partial charge is 0.396 e. The summed E-state index contributed by atoms with van der Waals surface area (Å²) in [6.07, 6.45) is 6.17. The first-order chi connectivity index (χ1) is 7.67. The Labute approximate surface area is 98.6 Å². The van der Waals surface area contributed by atoms with E-state index in [0.717, 1.165) is 38.5 Å². The van der Waals surface area contributed by atoms with Crippen molar-refractivity contribution in [2.24, 2.45) is 11.8 Å². The van der Waals surface area contributed by atoms with Crippen LogP contribution in [-0.2, 0) is 4.79 Å². The van der Waals surface area contributed by atoms with E-state index in [1.165, 1.54) is 0 Å². The van der Waals surface area contributed by atoms with Crippen LogP contribution in [-0.4, -0.2) is 23.7 Å². The molecular formula is C13H25NO2. The van der Waals surface area contributed by atoms with Gasteiger partial charge in [-0.1, -0.05) is 20.3 Å². The molecule has 3 nitrogen and oxygen atoms in total. The number of amides is 1. The van der Waals surface area contributed by atoms with Crippen LogP contribution in [0.1, 0.15) is 52.4 Å². The van der Waals surface area contributed by atoms with E-state index >= 15 is 0 Å². The fraction of sp³-hybridized carbons (Fsp3) is 0.923. The zero-order valence-corrected chi connectivity index (χ0v) is 10.5. The minimum absolute atomic E-state index is 0.139. The lowest BCUT2D eigenvalue weighted by Crippen LogP contribution is -2.40. The van der Waals surface area contributed by atoms with Gasteiger partial charge in [0.05, 0.1) is 0 Å². The highest BCUT2D eigenvalue weighted by Crippen LogP contribution is 2.24. The van der Waals surface area contributed by atoms with E-state index in [9.17, 15) is 4.79 Å². The summed E-state index contributed by atoms with van der Waals surface area (Å²) in [5.41, 5.74) is 0. The van der Waals surface area contributed by atoms with Crippen LogP contribution in [0.25, 0.3) is 0 Å². The van der Waals surface area contributed by atoms with Crippen LogP contribution in [0.5, 0.6) is 0 Å². The first kappa shape index (κ1) is 13.5. The summed E-state index contributed by atoms with van der Waals surface area (Å²) in [4.78, 5) is 11.8. The Morgan fingerprint density at radius 3 is 2.50 bits per heavy atom. The summed E-state index contributed by atoms with van der Waals surface area (Å²) >= 11 is 0. The van der Waals surface area contributed by atoms with Gasteiger partial charge in [0.25, 0.3) is 0 Å². The summed E-state index contributed by atoms with van der Waals surface area (Å²) in [7, 11) is 0. The lowest BCUT2D eigenvalue weighted by Gasteiger charge is -2.28. The molecule has 0 radical (unpaired) electrons. The molecule has 16 heavy (non-hydrogen) atoms. The van der Waals surface area contributed by atoms with Gasteiger partial charge in [-0.25, -0.2) is 0 Å². The van der Waals surface area contributed by atoms with Gasteiger partial charge < -0.3 is 10.4 Å². The molecule has 0 aromatic heterocycles. The summed E-state index contributed by atoms with van der Waals surface area (Å²) in [6, 6.07) is 0.342. The lowest BCUT2D eigenvalue weighted by molar-refractivity contribution is -0.125. The molecule has 1 fully saturated rings. The third kappa shape index (κ3) is 4.12. The van der Waals surface area contributed by atoms with E-state index in [0.29, 0.717) is 18.6 Å². The van der Waals surface area contributed by atoms with E-state index in [1.54, 1.807) is 0 Å². The fourth-order valence-corrected chi connectivity index (χ4v) is 2.40. The van der Waals surface area contributed by atoms with Crippen LogP contribution in [0, 0.1) is 11.8 Å². The molecule has 1 aliphatic rings. The van der Waals surface area contributed by atoms with Gasteiger partial charge in [-0.05, 0) is 38.0 Å². The van der Waals surface area contributed by atoms with Crippen molar-refractivity contribution in [2.45, 2.75) is 58.4 Å². The Balaban J connectivity index is 2.25. The van der Waals surface area contributed by atoms with Gasteiger partial charge in [0.15, 0.2) is 0 Å². The van der Waals surface area contributed by atoms with Gasteiger partial charge in [-0.2, -0.15) is 0 Å². The number of aliphatic hydroxyl groups excluding tert-OH is 1. The smallest absolute Gasteiger partial charge is 0.223 e. The first-order valence-electron chi connectivity index (χ1n) is 6.58. The topological polar surface area (TPSA) is 49.3 Å². The zero-order chi connectivity index (χ0) is 12.0. The molecule has 1 atom stereocenters. The number of carbonyl (C=O) groups excluding carboxylic acids is 1. The average molecular weight is 227 g/mol. The Bertz CT molecular complexity index is 210. The van der Waals surface area contributed by atoms with Crippen molar-refractivity contribution in [1.82, 2.24) is 5.32 Å². The third-order valence-corrected chi connectivity index (χ3v) is 3.62. The Kier molecular flexibility index (Phi) is 5.81. The number of nitrogens with one attached hydrogen (secondary N) is 1. The second-order valence-corrected chi connectivity index (χ2v) is 5.10. The molecule has 94 valence electrons. The molecule has 0 aliphatic heterocycles. The molecule has 0 aromatic rings. The van der Waals surface area contributed by atoms with Crippen molar-refractivity contribution in [3.63, 3.8) is 0 Å². The Hall–Kier alpha value is -0.570. The van der Waals surface area contributed by atoms with Gasteiger partial charge in [0, 0.05) is 18.6 Å². The predicted molar refractivity (Wildman–Crippen MR) is 65.0 cm³/mol. The fourth-order valence-electron chi connectivity index (χ4n) is 2.40. The molecule has 1 aliphatic carbocycles. The van der Waals surface area contributed by atoms with Crippen LogP contribution in [0.2, 0.25) is 0 Å². The molecule has 2 N–H and O–H groups in total. The van der Waals surface area contributed by atoms with Gasteiger partial charge in [-0.3, -0.25) is 4.79 Å².